The zero-order chi connectivity index (χ0) is 14.5. The minimum absolute atomic E-state index is 0.426. The van der Waals surface area contributed by atoms with Crippen LogP contribution in [0.2, 0.25) is 0 Å². The Morgan fingerprint density at radius 2 is 1.90 bits per heavy atom. The van der Waals surface area contributed by atoms with Crippen LogP contribution < -0.4 is 5.32 Å². The summed E-state index contributed by atoms with van der Waals surface area (Å²) in [6.45, 7) is 3.31. The molecule has 112 valence electrons. The maximum Gasteiger partial charge on any atom is 0.0706 e. The molecule has 1 saturated carbocycles. The highest BCUT2D eigenvalue weighted by Gasteiger charge is 2.25. The molecule has 0 aliphatic heterocycles. The molecule has 1 fully saturated rings. The van der Waals surface area contributed by atoms with Crippen molar-refractivity contribution in [2.24, 2.45) is 5.92 Å². The Labute approximate surface area is 128 Å². The largest absolute Gasteiger partial charge is 0.308 e. The van der Waals surface area contributed by atoms with E-state index in [0.717, 1.165) is 18.0 Å². The highest BCUT2D eigenvalue weighted by molar-refractivity contribution is 5.78. The van der Waals surface area contributed by atoms with Crippen LogP contribution >= 0.6 is 0 Å². The van der Waals surface area contributed by atoms with Crippen molar-refractivity contribution in [2.45, 2.75) is 51.5 Å². The van der Waals surface area contributed by atoms with Crippen LogP contribution in [0.3, 0.4) is 0 Å². The van der Waals surface area contributed by atoms with Gasteiger partial charge in [0.25, 0.3) is 0 Å². The molecule has 21 heavy (non-hydrogen) atoms. The summed E-state index contributed by atoms with van der Waals surface area (Å²) in [7, 11) is 0. The van der Waals surface area contributed by atoms with Gasteiger partial charge in [-0.2, -0.15) is 0 Å². The lowest BCUT2D eigenvalue weighted by molar-refractivity contribution is 0.268. The third kappa shape index (κ3) is 3.44. The van der Waals surface area contributed by atoms with Crippen LogP contribution in [0.4, 0.5) is 0 Å². The lowest BCUT2D eigenvalue weighted by atomic mass is 9.82. The molecule has 2 heteroatoms. The van der Waals surface area contributed by atoms with Gasteiger partial charge in [-0.25, -0.2) is 0 Å². The summed E-state index contributed by atoms with van der Waals surface area (Å²) in [6, 6.07) is 13.3. The summed E-state index contributed by atoms with van der Waals surface area (Å²) < 4.78 is 0. The molecule has 1 aliphatic rings. The van der Waals surface area contributed by atoms with E-state index in [1.165, 1.54) is 49.6 Å². The van der Waals surface area contributed by atoms with Crippen LogP contribution in [0.1, 0.15) is 57.2 Å². The Morgan fingerprint density at radius 1 is 1.10 bits per heavy atom. The quantitative estimate of drug-likeness (QED) is 0.847. The van der Waals surface area contributed by atoms with Gasteiger partial charge in [-0.15, -0.1) is 0 Å². The minimum Gasteiger partial charge on any atom is -0.308 e. The van der Waals surface area contributed by atoms with Crippen LogP contribution in [0.25, 0.3) is 10.9 Å². The average Bonchev–Trinajstić information content (AvgIpc) is 2.56. The molecular formula is C19H26N2. The number of nitrogens with zero attached hydrogens (tertiary/aromatic N) is 1. The summed E-state index contributed by atoms with van der Waals surface area (Å²) in [5.41, 5.74) is 2.35. The van der Waals surface area contributed by atoms with Gasteiger partial charge in [-0.05, 0) is 43.9 Å². The maximum atomic E-state index is 4.94. The average molecular weight is 282 g/mol. The highest BCUT2D eigenvalue weighted by Crippen LogP contribution is 2.34. The summed E-state index contributed by atoms with van der Waals surface area (Å²) in [5.74, 6) is 0.749. The summed E-state index contributed by atoms with van der Waals surface area (Å²) in [4.78, 5) is 4.94. The van der Waals surface area contributed by atoms with E-state index in [-0.39, 0.29) is 0 Å². The smallest absolute Gasteiger partial charge is 0.0706 e. The first-order chi connectivity index (χ1) is 10.4. The molecule has 3 rings (SSSR count). The monoisotopic (exact) mass is 282 g/mol. The molecular weight excluding hydrogens is 256 g/mol. The number of nitrogens with one attached hydrogen (secondary N) is 1. The number of pyridine rings is 1. The Morgan fingerprint density at radius 3 is 2.71 bits per heavy atom. The maximum absolute atomic E-state index is 4.94. The summed E-state index contributed by atoms with van der Waals surface area (Å²) in [5, 5.41) is 4.99. The molecule has 0 spiro atoms. The van der Waals surface area contributed by atoms with Crippen molar-refractivity contribution >= 4 is 10.9 Å². The number of rotatable bonds is 5. The van der Waals surface area contributed by atoms with Crippen LogP contribution in [-0.4, -0.2) is 11.5 Å². The minimum atomic E-state index is 0.426. The second-order valence-corrected chi connectivity index (χ2v) is 6.26. The van der Waals surface area contributed by atoms with Gasteiger partial charge >= 0.3 is 0 Å². The van der Waals surface area contributed by atoms with Crippen LogP contribution in [0.15, 0.2) is 36.4 Å². The van der Waals surface area contributed by atoms with E-state index in [0.29, 0.717) is 6.04 Å². The molecule has 1 aromatic carbocycles. The third-order valence-corrected chi connectivity index (χ3v) is 4.67. The van der Waals surface area contributed by atoms with Gasteiger partial charge in [0.15, 0.2) is 0 Å². The van der Waals surface area contributed by atoms with E-state index >= 15 is 0 Å². The topological polar surface area (TPSA) is 24.9 Å². The predicted octanol–water partition coefficient (Wildman–Crippen LogP) is 4.86. The molecule has 1 N–H and O–H groups in total. The van der Waals surface area contributed by atoms with Gasteiger partial charge in [0.1, 0.15) is 0 Å². The second kappa shape index (κ2) is 7.04. The van der Waals surface area contributed by atoms with Gasteiger partial charge in [0.05, 0.1) is 17.3 Å². The van der Waals surface area contributed by atoms with Crippen molar-refractivity contribution < 1.29 is 0 Å². The lowest BCUT2D eigenvalue weighted by Crippen LogP contribution is -2.31. The Hall–Kier alpha value is -1.41. The molecule has 0 bridgehead atoms. The van der Waals surface area contributed by atoms with Gasteiger partial charge in [-0.3, -0.25) is 4.98 Å². The number of aromatic nitrogens is 1. The van der Waals surface area contributed by atoms with Crippen LogP contribution in [0, 0.1) is 5.92 Å². The standard InChI is InChI=1S/C19H26N2/c1-2-14-20-19(16-9-4-3-5-10-16)18-13-12-15-8-6-7-11-17(15)21-18/h6-8,11-13,16,19-20H,2-5,9-10,14H2,1H3. The van der Waals surface area contributed by atoms with E-state index in [4.69, 9.17) is 4.98 Å². The fourth-order valence-electron chi connectivity index (χ4n) is 3.54. The Kier molecular flexibility index (Phi) is 4.87. The van der Waals surface area contributed by atoms with Crippen LogP contribution in [0.5, 0.6) is 0 Å². The van der Waals surface area contributed by atoms with E-state index in [2.05, 4.69) is 48.6 Å². The van der Waals surface area contributed by atoms with Gasteiger partial charge in [0, 0.05) is 5.39 Å². The number of fused-ring (bicyclic) bond motifs is 1. The number of hydrogen-bond donors (Lipinski definition) is 1. The fourth-order valence-corrected chi connectivity index (χ4v) is 3.54. The SMILES string of the molecule is CCCNC(c1ccc2ccccc2n1)C1CCCCC1. The zero-order valence-corrected chi connectivity index (χ0v) is 13.0. The van der Waals surface area contributed by atoms with Crippen molar-refractivity contribution in [1.82, 2.24) is 10.3 Å². The molecule has 1 aromatic heterocycles. The molecule has 0 saturated heterocycles. The first-order valence-electron chi connectivity index (χ1n) is 8.47. The molecule has 2 nitrogen and oxygen atoms in total. The molecule has 2 aromatic rings. The summed E-state index contributed by atoms with van der Waals surface area (Å²) in [6.07, 6.45) is 8.02. The number of benzene rings is 1. The predicted molar refractivity (Wildman–Crippen MR) is 89.4 cm³/mol. The van der Waals surface area contributed by atoms with Crippen LogP contribution in [-0.2, 0) is 0 Å². The van der Waals surface area contributed by atoms with E-state index in [1.807, 2.05) is 0 Å². The fraction of sp³-hybridized carbons (Fsp3) is 0.526. The zero-order valence-electron chi connectivity index (χ0n) is 13.0. The van der Waals surface area contributed by atoms with Gasteiger partial charge < -0.3 is 5.32 Å². The lowest BCUT2D eigenvalue weighted by Gasteiger charge is -2.31. The molecule has 1 atom stereocenters. The van der Waals surface area contributed by atoms with Crippen molar-refractivity contribution in [3.05, 3.63) is 42.1 Å². The normalized spacial score (nSPS) is 18.0. The summed E-state index contributed by atoms with van der Waals surface area (Å²) >= 11 is 0. The first kappa shape index (κ1) is 14.5. The van der Waals surface area contributed by atoms with E-state index in [9.17, 15) is 0 Å². The molecule has 1 aliphatic carbocycles. The molecule has 1 heterocycles. The number of hydrogen-bond acceptors (Lipinski definition) is 2. The number of para-hydroxylation sites is 1. The van der Waals surface area contributed by atoms with Crippen molar-refractivity contribution in [3.8, 4) is 0 Å². The van der Waals surface area contributed by atoms with Crippen molar-refractivity contribution in [3.63, 3.8) is 0 Å². The third-order valence-electron chi connectivity index (χ3n) is 4.67. The van der Waals surface area contributed by atoms with Gasteiger partial charge in [0.2, 0.25) is 0 Å². The Bertz CT molecular complexity index is 573. The molecule has 0 radical (unpaired) electrons. The van der Waals surface area contributed by atoms with Gasteiger partial charge in [-0.1, -0.05) is 50.5 Å². The second-order valence-electron chi connectivity index (χ2n) is 6.26. The highest BCUT2D eigenvalue weighted by atomic mass is 14.9. The first-order valence-corrected chi connectivity index (χ1v) is 8.47. The van der Waals surface area contributed by atoms with E-state index in [1.54, 1.807) is 0 Å². The molecule has 0 amide bonds. The van der Waals surface area contributed by atoms with Crippen molar-refractivity contribution in [1.29, 1.82) is 0 Å². The van der Waals surface area contributed by atoms with E-state index < -0.39 is 0 Å². The molecule has 1 unspecified atom stereocenters. The Balaban J connectivity index is 1.88. The van der Waals surface area contributed by atoms with Crippen molar-refractivity contribution in [2.75, 3.05) is 6.54 Å².